The van der Waals surface area contributed by atoms with Gasteiger partial charge in [-0.1, -0.05) is 33.1 Å². The van der Waals surface area contributed by atoms with Crippen LogP contribution in [0.1, 0.15) is 65.2 Å². The summed E-state index contributed by atoms with van der Waals surface area (Å²) >= 11 is 0. The average Bonchev–Trinajstić information content (AvgIpc) is 2.41. The van der Waals surface area contributed by atoms with Crippen LogP contribution in [0.3, 0.4) is 0 Å². The molecule has 2 nitrogen and oxygen atoms in total. The van der Waals surface area contributed by atoms with Crippen LogP contribution in [0, 0.1) is 5.92 Å². The second kappa shape index (κ2) is 7.49. The van der Waals surface area contributed by atoms with Crippen molar-refractivity contribution in [1.29, 1.82) is 0 Å². The van der Waals surface area contributed by atoms with Crippen molar-refractivity contribution in [3.8, 4) is 0 Å². The van der Waals surface area contributed by atoms with Crippen LogP contribution in [0.4, 0.5) is 0 Å². The number of nitrogens with one attached hydrogen (secondary N) is 1. The molecule has 1 saturated carbocycles. The summed E-state index contributed by atoms with van der Waals surface area (Å²) < 4.78 is 0. The smallest absolute Gasteiger partial charge is 0.0110 e. The molecule has 2 atom stereocenters. The third-order valence-corrected chi connectivity index (χ3v) is 5.00. The van der Waals surface area contributed by atoms with E-state index in [1.807, 2.05) is 0 Å². The van der Waals surface area contributed by atoms with E-state index in [9.17, 15) is 0 Å². The molecule has 2 aliphatic rings. The first-order valence-electron chi connectivity index (χ1n) is 8.30. The van der Waals surface area contributed by atoms with E-state index in [4.69, 9.17) is 0 Å². The molecule has 2 fully saturated rings. The molecule has 0 aromatic heterocycles. The molecular formula is C16H32N2. The molecule has 1 aliphatic heterocycles. The third kappa shape index (κ3) is 3.96. The van der Waals surface area contributed by atoms with Gasteiger partial charge in [0.15, 0.2) is 0 Å². The van der Waals surface area contributed by atoms with Gasteiger partial charge in [0.25, 0.3) is 0 Å². The van der Waals surface area contributed by atoms with E-state index >= 15 is 0 Å². The van der Waals surface area contributed by atoms with Crippen LogP contribution in [0.2, 0.25) is 0 Å². The van der Waals surface area contributed by atoms with Crippen molar-refractivity contribution in [2.45, 2.75) is 77.3 Å². The summed E-state index contributed by atoms with van der Waals surface area (Å²) in [6, 6.07) is 1.67. The fourth-order valence-electron chi connectivity index (χ4n) is 3.98. The van der Waals surface area contributed by atoms with Crippen LogP contribution >= 0.6 is 0 Å². The number of rotatable bonds is 5. The zero-order valence-corrected chi connectivity index (χ0v) is 12.5. The summed E-state index contributed by atoms with van der Waals surface area (Å²) in [4.78, 5) is 2.80. The Morgan fingerprint density at radius 2 is 1.83 bits per heavy atom. The molecule has 2 rings (SSSR count). The third-order valence-electron chi connectivity index (χ3n) is 5.00. The molecule has 18 heavy (non-hydrogen) atoms. The normalized spacial score (nSPS) is 31.7. The van der Waals surface area contributed by atoms with Gasteiger partial charge in [-0.15, -0.1) is 0 Å². The molecule has 1 heterocycles. The van der Waals surface area contributed by atoms with Crippen LogP contribution in [-0.2, 0) is 0 Å². The lowest BCUT2D eigenvalue weighted by atomic mass is 9.86. The standard InChI is InChI=1S/C16H32N2/c1-3-6-14-9-11-18(12-10-14)16-8-5-7-15(13-16)17-4-2/h14-17H,3-13H2,1-2H3. The number of likely N-dealkylation sites (tertiary alicyclic amines) is 1. The molecule has 0 spiro atoms. The second-order valence-electron chi connectivity index (χ2n) is 6.34. The quantitative estimate of drug-likeness (QED) is 0.806. The van der Waals surface area contributed by atoms with Gasteiger partial charge in [-0.2, -0.15) is 0 Å². The van der Waals surface area contributed by atoms with E-state index in [1.165, 1.54) is 64.5 Å². The minimum absolute atomic E-state index is 0.794. The maximum absolute atomic E-state index is 3.66. The Morgan fingerprint density at radius 1 is 1.06 bits per heavy atom. The van der Waals surface area contributed by atoms with Crippen LogP contribution in [0.5, 0.6) is 0 Å². The molecule has 1 saturated heterocycles. The van der Waals surface area contributed by atoms with Crippen LogP contribution in [-0.4, -0.2) is 36.6 Å². The molecular weight excluding hydrogens is 220 g/mol. The SMILES string of the molecule is CCCC1CCN(C2CCCC(NCC)C2)CC1. The predicted molar refractivity (Wildman–Crippen MR) is 78.9 cm³/mol. The van der Waals surface area contributed by atoms with Crippen molar-refractivity contribution in [2.75, 3.05) is 19.6 Å². The van der Waals surface area contributed by atoms with Crippen LogP contribution in [0.15, 0.2) is 0 Å². The largest absolute Gasteiger partial charge is 0.314 e. The minimum Gasteiger partial charge on any atom is -0.314 e. The van der Waals surface area contributed by atoms with Crippen molar-refractivity contribution >= 4 is 0 Å². The van der Waals surface area contributed by atoms with E-state index < -0.39 is 0 Å². The Morgan fingerprint density at radius 3 is 2.50 bits per heavy atom. The monoisotopic (exact) mass is 252 g/mol. The summed E-state index contributed by atoms with van der Waals surface area (Å²) in [5.41, 5.74) is 0. The highest BCUT2D eigenvalue weighted by atomic mass is 15.2. The van der Waals surface area contributed by atoms with Gasteiger partial charge in [0, 0.05) is 12.1 Å². The van der Waals surface area contributed by atoms with E-state index in [0.717, 1.165) is 24.5 Å². The highest BCUT2D eigenvalue weighted by molar-refractivity contribution is 4.86. The zero-order valence-electron chi connectivity index (χ0n) is 12.5. The molecule has 0 bridgehead atoms. The maximum Gasteiger partial charge on any atom is 0.0110 e. The fourth-order valence-corrected chi connectivity index (χ4v) is 3.98. The summed E-state index contributed by atoms with van der Waals surface area (Å²) in [5, 5.41) is 3.66. The summed E-state index contributed by atoms with van der Waals surface area (Å²) in [7, 11) is 0. The van der Waals surface area contributed by atoms with Gasteiger partial charge in [0.1, 0.15) is 0 Å². The Bertz CT molecular complexity index is 219. The average molecular weight is 252 g/mol. The lowest BCUT2D eigenvalue weighted by Gasteiger charge is -2.41. The van der Waals surface area contributed by atoms with Crippen molar-refractivity contribution < 1.29 is 0 Å². The first-order chi connectivity index (χ1) is 8.83. The molecule has 0 aromatic rings. The van der Waals surface area contributed by atoms with Gasteiger partial charge in [0.05, 0.1) is 0 Å². The Kier molecular flexibility index (Phi) is 5.97. The lowest BCUT2D eigenvalue weighted by molar-refractivity contribution is 0.0943. The topological polar surface area (TPSA) is 15.3 Å². The Labute approximate surface area is 114 Å². The molecule has 2 heteroatoms. The molecule has 106 valence electrons. The number of nitrogens with zero attached hydrogens (tertiary/aromatic N) is 1. The Hall–Kier alpha value is -0.0800. The predicted octanol–water partition coefficient (Wildman–Crippen LogP) is 3.42. The van der Waals surface area contributed by atoms with E-state index in [0.29, 0.717) is 0 Å². The maximum atomic E-state index is 3.66. The van der Waals surface area contributed by atoms with E-state index in [2.05, 4.69) is 24.1 Å². The first kappa shape index (κ1) is 14.3. The molecule has 1 N–H and O–H groups in total. The minimum atomic E-state index is 0.794. The summed E-state index contributed by atoms with van der Waals surface area (Å²) in [6.07, 6.45) is 11.4. The lowest BCUT2D eigenvalue weighted by Crippen LogP contribution is -2.47. The molecule has 1 aliphatic carbocycles. The highest BCUT2D eigenvalue weighted by Crippen LogP contribution is 2.28. The number of hydrogen-bond donors (Lipinski definition) is 1. The van der Waals surface area contributed by atoms with E-state index in [-0.39, 0.29) is 0 Å². The van der Waals surface area contributed by atoms with Gasteiger partial charge in [-0.3, -0.25) is 0 Å². The van der Waals surface area contributed by atoms with Gasteiger partial charge in [-0.05, 0) is 57.7 Å². The Balaban J connectivity index is 1.75. The molecule has 0 radical (unpaired) electrons. The van der Waals surface area contributed by atoms with Crippen LogP contribution < -0.4 is 5.32 Å². The van der Waals surface area contributed by atoms with E-state index in [1.54, 1.807) is 0 Å². The first-order valence-corrected chi connectivity index (χ1v) is 8.30. The van der Waals surface area contributed by atoms with Gasteiger partial charge in [-0.25, -0.2) is 0 Å². The van der Waals surface area contributed by atoms with Crippen LogP contribution in [0.25, 0.3) is 0 Å². The van der Waals surface area contributed by atoms with Crippen molar-refractivity contribution in [3.63, 3.8) is 0 Å². The number of hydrogen-bond acceptors (Lipinski definition) is 2. The van der Waals surface area contributed by atoms with Gasteiger partial charge >= 0.3 is 0 Å². The van der Waals surface area contributed by atoms with Crippen molar-refractivity contribution in [2.24, 2.45) is 5.92 Å². The summed E-state index contributed by atoms with van der Waals surface area (Å²) in [6.45, 7) is 8.44. The number of piperidine rings is 1. The molecule has 2 unspecified atom stereocenters. The molecule has 0 amide bonds. The summed E-state index contributed by atoms with van der Waals surface area (Å²) in [5.74, 6) is 1.03. The van der Waals surface area contributed by atoms with Gasteiger partial charge < -0.3 is 10.2 Å². The highest BCUT2D eigenvalue weighted by Gasteiger charge is 2.28. The molecule has 0 aromatic carbocycles. The fraction of sp³-hybridized carbons (Fsp3) is 1.00. The van der Waals surface area contributed by atoms with Gasteiger partial charge in [0.2, 0.25) is 0 Å². The second-order valence-corrected chi connectivity index (χ2v) is 6.34. The van der Waals surface area contributed by atoms with Crippen molar-refractivity contribution in [3.05, 3.63) is 0 Å². The van der Waals surface area contributed by atoms with Crippen molar-refractivity contribution in [1.82, 2.24) is 10.2 Å². The zero-order chi connectivity index (χ0) is 12.8.